The zero-order chi connectivity index (χ0) is 13.3. The fourth-order valence-corrected chi connectivity index (χ4v) is 3.08. The number of aliphatic carboxylic acids is 1. The van der Waals surface area contributed by atoms with Crippen molar-refractivity contribution >= 4 is 11.9 Å². The maximum Gasteiger partial charge on any atom is 0.307 e. The lowest BCUT2D eigenvalue weighted by Gasteiger charge is -2.33. The molecule has 0 radical (unpaired) electrons. The van der Waals surface area contributed by atoms with Gasteiger partial charge >= 0.3 is 5.97 Å². The summed E-state index contributed by atoms with van der Waals surface area (Å²) in [6, 6.07) is 0.258. The minimum Gasteiger partial charge on any atom is -0.481 e. The summed E-state index contributed by atoms with van der Waals surface area (Å²) in [5, 5.41) is 9.23. The van der Waals surface area contributed by atoms with E-state index in [1.54, 1.807) is 4.90 Å². The summed E-state index contributed by atoms with van der Waals surface area (Å²) < 4.78 is 0. The molecule has 0 aliphatic heterocycles. The lowest BCUT2D eigenvalue weighted by molar-refractivity contribution is -0.152. The Morgan fingerprint density at radius 2 is 1.67 bits per heavy atom. The molecule has 102 valence electrons. The highest BCUT2D eigenvalue weighted by atomic mass is 16.4. The van der Waals surface area contributed by atoms with Crippen LogP contribution in [0.15, 0.2) is 0 Å². The number of hydrogen-bond acceptors (Lipinski definition) is 2. The van der Waals surface area contributed by atoms with E-state index in [0.29, 0.717) is 12.3 Å². The minimum absolute atomic E-state index is 0.0431. The molecule has 0 spiro atoms. The summed E-state index contributed by atoms with van der Waals surface area (Å²) in [5.41, 5.74) is 0. The van der Waals surface area contributed by atoms with Gasteiger partial charge in [-0.25, -0.2) is 0 Å². The van der Waals surface area contributed by atoms with E-state index in [1.807, 2.05) is 7.05 Å². The fraction of sp³-hybridized carbons (Fsp3) is 0.857. The minimum atomic E-state index is -0.805. The molecule has 18 heavy (non-hydrogen) atoms. The van der Waals surface area contributed by atoms with Crippen LogP contribution in [0.2, 0.25) is 0 Å². The first-order chi connectivity index (χ1) is 8.52. The molecule has 1 N–H and O–H groups in total. The molecule has 2 saturated carbocycles. The van der Waals surface area contributed by atoms with E-state index in [9.17, 15) is 14.7 Å². The van der Waals surface area contributed by atoms with Gasteiger partial charge in [-0.2, -0.15) is 0 Å². The lowest BCUT2D eigenvalue weighted by Crippen LogP contribution is -2.44. The van der Waals surface area contributed by atoms with Crippen molar-refractivity contribution in [1.82, 2.24) is 4.90 Å². The second kappa shape index (κ2) is 5.29. The summed E-state index contributed by atoms with van der Waals surface area (Å²) >= 11 is 0. The third-order valence-corrected chi connectivity index (χ3v) is 4.66. The van der Waals surface area contributed by atoms with Crippen LogP contribution < -0.4 is 0 Å². The largest absolute Gasteiger partial charge is 0.481 e. The van der Waals surface area contributed by atoms with Gasteiger partial charge in [0, 0.05) is 13.1 Å². The Hall–Kier alpha value is -1.06. The molecule has 0 bridgehead atoms. The quantitative estimate of drug-likeness (QED) is 0.835. The maximum absolute atomic E-state index is 12.4. The Morgan fingerprint density at radius 1 is 1.11 bits per heavy atom. The zero-order valence-electron chi connectivity index (χ0n) is 11.3. The van der Waals surface area contributed by atoms with Crippen molar-refractivity contribution < 1.29 is 14.7 Å². The molecular weight excluding hydrogens is 230 g/mol. The molecule has 0 aromatic rings. The van der Waals surface area contributed by atoms with E-state index >= 15 is 0 Å². The van der Waals surface area contributed by atoms with E-state index in [0.717, 1.165) is 19.3 Å². The summed E-state index contributed by atoms with van der Waals surface area (Å²) in [5.74, 6) is -0.907. The molecule has 4 nitrogen and oxygen atoms in total. The van der Waals surface area contributed by atoms with Crippen molar-refractivity contribution in [3.8, 4) is 0 Å². The number of amides is 1. The van der Waals surface area contributed by atoms with Crippen LogP contribution in [-0.2, 0) is 9.59 Å². The fourth-order valence-electron chi connectivity index (χ4n) is 3.08. The Bertz CT molecular complexity index is 338. The smallest absolute Gasteiger partial charge is 0.307 e. The summed E-state index contributed by atoms with van der Waals surface area (Å²) in [4.78, 5) is 25.5. The number of rotatable bonds is 4. The van der Waals surface area contributed by atoms with E-state index in [-0.39, 0.29) is 17.9 Å². The van der Waals surface area contributed by atoms with Crippen LogP contribution in [0.1, 0.15) is 45.4 Å². The Morgan fingerprint density at radius 3 is 2.17 bits per heavy atom. The topological polar surface area (TPSA) is 57.6 Å². The van der Waals surface area contributed by atoms with Gasteiger partial charge in [-0.05, 0) is 38.5 Å². The molecule has 0 aromatic carbocycles. The normalized spacial score (nSPS) is 29.7. The number of carbonyl (C=O) groups excluding carboxylic acids is 1. The molecule has 2 fully saturated rings. The lowest BCUT2D eigenvalue weighted by atomic mass is 9.78. The van der Waals surface area contributed by atoms with Gasteiger partial charge in [-0.15, -0.1) is 0 Å². The zero-order valence-corrected chi connectivity index (χ0v) is 11.3. The van der Waals surface area contributed by atoms with Gasteiger partial charge in [-0.1, -0.05) is 12.8 Å². The predicted molar refractivity (Wildman–Crippen MR) is 68.0 cm³/mol. The highest BCUT2D eigenvalue weighted by Gasteiger charge is 2.40. The average Bonchev–Trinajstić information content (AvgIpc) is 3.20. The standard InChI is InChI=1S/C14H23NO3/c1-9(10-7-8-10)15(2)13(16)11-5-3-4-6-12(11)14(17)18/h9-12H,3-8H2,1-2H3,(H,17,18)/t9?,11-,12+/m1/s1. The molecule has 2 rings (SSSR count). The first-order valence-corrected chi connectivity index (χ1v) is 7.02. The van der Waals surface area contributed by atoms with Crippen molar-refractivity contribution in [2.24, 2.45) is 17.8 Å². The molecule has 0 saturated heterocycles. The first kappa shape index (κ1) is 13.4. The molecule has 4 heteroatoms. The third kappa shape index (κ3) is 2.68. The highest BCUT2D eigenvalue weighted by Crippen LogP contribution is 2.37. The van der Waals surface area contributed by atoms with Crippen LogP contribution in [0.25, 0.3) is 0 Å². The van der Waals surface area contributed by atoms with Gasteiger partial charge in [0.2, 0.25) is 5.91 Å². The summed E-state index contributed by atoms with van der Waals surface area (Å²) in [6.45, 7) is 2.08. The van der Waals surface area contributed by atoms with E-state index in [4.69, 9.17) is 0 Å². The monoisotopic (exact) mass is 253 g/mol. The van der Waals surface area contributed by atoms with Crippen LogP contribution >= 0.6 is 0 Å². The number of carboxylic acids is 1. The highest BCUT2D eigenvalue weighted by molar-refractivity contribution is 5.85. The molecule has 2 aliphatic carbocycles. The molecule has 1 amide bonds. The van der Waals surface area contributed by atoms with Gasteiger partial charge in [0.15, 0.2) is 0 Å². The van der Waals surface area contributed by atoms with Crippen molar-refractivity contribution in [3.05, 3.63) is 0 Å². The molecule has 3 atom stereocenters. The van der Waals surface area contributed by atoms with Crippen molar-refractivity contribution in [1.29, 1.82) is 0 Å². The number of nitrogens with zero attached hydrogens (tertiary/aromatic N) is 1. The molecular formula is C14H23NO3. The van der Waals surface area contributed by atoms with E-state index in [1.165, 1.54) is 12.8 Å². The second-order valence-electron chi connectivity index (χ2n) is 5.86. The van der Waals surface area contributed by atoms with E-state index < -0.39 is 11.9 Å². The second-order valence-corrected chi connectivity index (χ2v) is 5.86. The van der Waals surface area contributed by atoms with Crippen molar-refractivity contribution in [2.45, 2.75) is 51.5 Å². The third-order valence-electron chi connectivity index (χ3n) is 4.66. The van der Waals surface area contributed by atoms with Gasteiger partial charge in [0.05, 0.1) is 11.8 Å². The molecule has 1 unspecified atom stereocenters. The number of carbonyl (C=O) groups is 2. The van der Waals surface area contributed by atoms with Crippen LogP contribution in [0.5, 0.6) is 0 Å². The van der Waals surface area contributed by atoms with Gasteiger partial charge in [-0.3, -0.25) is 9.59 Å². The average molecular weight is 253 g/mol. The van der Waals surface area contributed by atoms with Gasteiger partial charge in [0.1, 0.15) is 0 Å². The van der Waals surface area contributed by atoms with Crippen LogP contribution in [0.3, 0.4) is 0 Å². The Labute approximate surface area is 108 Å². The van der Waals surface area contributed by atoms with Gasteiger partial charge < -0.3 is 10.0 Å². The van der Waals surface area contributed by atoms with Crippen LogP contribution in [0.4, 0.5) is 0 Å². The number of hydrogen-bond donors (Lipinski definition) is 1. The first-order valence-electron chi connectivity index (χ1n) is 7.02. The summed E-state index contributed by atoms with van der Waals surface area (Å²) in [7, 11) is 1.83. The van der Waals surface area contributed by atoms with Gasteiger partial charge in [0.25, 0.3) is 0 Å². The molecule has 2 aliphatic rings. The van der Waals surface area contributed by atoms with Crippen molar-refractivity contribution in [2.75, 3.05) is 7.05 Å². The molecule has 0 aromatic heterocycles. The predicted octanol–water partition coefficient (Wildman–Crippen LogP) is 2.13. The van der Waals surface area contributed by atoms with Crippen LogP contribution in [0, 0.1) is 17.8 Å². The molecule has 0 heterocycles. The SMILES string of the molecule is CC(C1CC1)N(C)C(=O)[C@@H]1CCCC[C@@H]1C(=O)O. The summed E-state index contributed by atoms with van der Waals surface area (Å²) in [6.07, 6.45) is 5.70. The van der Waals surface area contributed by atoms with Crippen LogP contribution in [-0.4, -0.2) is 35.0 Å². The Kier molecular flexibility index (Phi) is 3.93. The number of carboxylic acid groups (broad SMARTS) is 1. The Balaban J connectivity index is 2.02. The van der Waals surface area contributed by atoms with E-state index in [2.05, 4.69) is 6.92 Å². The van der Waals surface area contributed by atoms with Crippen molar-refractivity contribution in [3.63, 3.8) is 0 Å². The maximum atomic E-state index is 12.4.